The third-order valence-corrected chi connectivity index (χ3v) is 8.52. The Morgan fingerprint density at radius 2 is 1.89 bits per heavy atom. The molecule has 2 aromatic heterocycles. The van der Waals surface area contributed by atoms with E-state index >= 15 is 0 Å². The number of amides is 1. The van der Waals surface area contributed by atoms with Crippen LogP contribution in [0.25, 0.3) is 0 Å². The lowest BCUT2D eigenvalue weighted by Gasteiger charge is -2.30. The number of rotatable bonds is 6. The minimum absolute atomic E-state index is 0.0683. The molecule has 8 heteroatoms. The van der Waals surface area contributed by atoms with Gasteiger partial charge in [0.2, 0.25) is 5.91 Å². The first-order valence-electron chi connectivity index (χ1n) is 13.6. The van der Waals surface area contributed by atoms with E-state index in [1.165, 1.54) is 49.1 Å². The summed E-state index contributed by atoms with van der Waals surface area (Å²) in [7, 11) is 0. The smallest absolute Gasteiger partial charge is 0.226 e. The molecule has 1 aliphatic heterocycles. The number of aromatic nitrogens is 2. The predicted octanol–water partition coefficient (Wildman–Crippen LogP) is 7.43. The van der Waals surface area contributed by atoms with E-state index in [1.807, 2.05) is 50.4 Å². The van der Waals surface area contributed by atoms with Crippen LogP contribution in [0.4, 0.5) is 11.4 Å². The second kappa shape index (κ2) is 11.1. The Bertz CT molecular complexity index is 1330. The van der Waals surface area contributed by atoms with Gasteiger partial charge in [0, 0.05) is 35.2 Å². The molecular weight excluding hydrogens is 514 g/mol. The van der Waals surface area contributed by atoms with Gasteiger partial charge in [0.15, 0.2) is 5.11 Å². The fourth-order valence-electron chi connectivity index (χ4n) is 5.98. The zero-order valence-electron chi connectivity index (χ0n) is 22.5. The Balaban J connectivity index is 1.58. The van der Waals surface area contributed by atoms with Crippen LogP contribution in [-0.2, 0) is 4.79 Å². The maximum atomic E-state index is 12.3. The summed E-state index contributed by atoms with van der Waals surface area (Å²) in [6.45, 7) is 8.18. The first-order valence-corrected chi connectivity index (χ1v) is 14.3. The van der Waals surface area contributed by atoms with Crippen molar-refractivity contribution < 1.29 is 4.79 Å². The average Bonchev–Trinajstić information content (AvgIpc) is 3.41. The van der Waals surface area contributed by atoms with Crippen LogP contribution in [0.5, 0.6) is 0 Å². The van der Waals surface area contributed by atoms with E-state index < -0.39 is 0 Å². The van der Waals surface area contributed by atoms with Gasteiger partial charge in [-0.1, -0.05) is 50.8 Å². The van der Waals surface area contributed by atoms with Gasteiger partial charge in [0.1, 0.15) is 0 Å². The number of carbonyl (C=O) groups is 1. The van der Waals surface area contributed by atoms with E-state index in [9.17, 15) is 4.79 Å². The highest BCUT2D eigenvalue weighted by molar-refractivity contribution is 7.80. The highest BCUT2D eigenvalue weighted by Crippen LogP contribution is 2.45. The van der Waals surface area contributed by atoms with E-state index in [4.69, 9.17) is 28.8 Å². The van der Waals surface area contributed by atoms with Gasteiger partial charge in [-0.05, 0) is 80.9 Å². The molecule has 0 radical (unpaired) electrons. The van der Waals surface area contributed by atoms with Gasteiger partial charge in [-0.3, -0.25) is 9.78 Å². The van der Waals surface area contributed by atoms with Crippen LogP contribution in [0, 0.1) is 19.8 Å². The van der Waals surface area contributed by atoms with Crippen LogP contribution in [-0.4, -0.2) is 20.6 Å². The zero-order chi connectivity index (χ0) is 27.0. The molecule has 1 aromatic carbocycles. The summed E-state index contributed by atoms with van der Waals surface area (Å²) in [5.41, 5.74) is 6.22. The van der Waals surface area contributed by atoms with Gasteiger partial charge in [0.25, 0.3) is 0 Å². The van der Waals surface area contributed by atoms with E-state index in [0.717, 1.165) is 11.4 Å². The van der Waals surface area contributed by atoms with Gasteiger partial charge in [-0.15, -0.1) is 0 Å². The van der Waals surface area contributed by atoms with Crippen molar-refractivity contribution in [2.75, 3.05) is 10.2 Å². The molecule has 38 heavy (non-hydrogen) atoms. The van der Waals surface area contributed by atoms with Crippen molar-refractivity contribution in [2.24, 2.45) is 5.92 Å². The number of hydrogen-bond donors (Lipinski definition) is 2. The summed E-state index contributed by atoms with van der Waals surface area (Å²) >= 11 is 12.6. The maximum Gasteiger partial charge on any atom is 0.226 e. The summed E-state index contributed by atoms with van der Waals surface area (Å²) < 4.78 is 2.54. The molecule has 0 bridgehead atoms. The van der Waals surface area contributed by atoms with Crippen molar-refractivity contribution >= 4 is 46.2 Å². The lowest BCUT2D eigenvalue weighted by Crippen LogP contribution is -2.29. The highest BCUT2D eigenvalue weighted by Gasteiger charge is 2.42. The van der Waals surface area contributed by atoms with Crippen molar-refractivity contribution in [1.29, 1.82) is 0 Å². The minimum atomic E-state index is -0.135. The number of aryl methyl sites for hydroxylation is 1. The third-order valence-electron chi connectivity index (χ3n) is 7.89. The molecule has 3 aromatic rings. The molecule has 1 aliphatic carbocycles. The Labute approximate surface area is 235 Å². The first kappa shape index (κ1) is 26.7. The standard InChI is InChI=1S/C30H36ClN5OS/c1-18(2)29(37)33-25-14-13-22(17-24(25)31)36-28(27(34-30(36)38)26-12-8-9-15-32-26)23-16-19(3)35(20(23)4)21-10-6-5-7-11-21/h8-9,12-18,21,27-28H,5-7,10-11H2,1-4H3,(H,33,37)(H,34,38)/t27-,28+/m0/s1. The van der Waals surface area contributed by atoms with Crippen molar-refractivity contribution in [2.45, 2.75) is 77.9 Å². The van der Waals surface area contributed by atoms with Crippen molar-refractivity contribution in [3.63, 3.8) is 0 Å². The van der Waals surface area contributed by atoms with Crippen molar-refractivity contribution in [3.05, 3.63) is 76.3 Å². The van der Waals surface area contributed by atoms with Crippen molar-refractivity contribution in [1.82, 2.24) is 14.9 Å². The maximum absolute atomic E-state index is 12.3. The van der Waals surface area contributed by atoms with Crippen LogP contribution in [0.2, 0.25) is 5.02 Å². The molecule has 200 valence electrons. The molecule has 6 nitrogen and oxygen atoms in total. The van der Waals surface area contributed by atoms with Gasteiger partial charge in [0.05, 0.1) is 28.5 Å². The number of nitrogens with one attached hydrogen (secondary N) is 2. The molecular formula is C30H36ClN5OS. The molecule has 2 fully saturated rings. The SMILES string of the molecule is Cc1cc([C@@H]2[C@H](c3ccccn3)NC(=S)N2c2ccc(NC(=O)C(C)C)c(Cl)c2)c(C)n1C1CCCCC1. The number of anilines is 2. The summed E-state index contributed by atoms with van der Waals surface area (Å²) in [5.74, 6) is -0.203. The molecule has 0 spiro atoms. The Morgan fingerprint density at radius 1 is 1.13 bits per heavy atom. The normalized spacial score (nSPS) is 20.2. The number of thiocarbonyl (C=S) groups is 1. The summed E-state index contributed by atoms with van der Waals surface area (Å²) in [6, 6.07) is 14.4. The molecule has 2 atom stereocenters. The molecule has 1 saturated carbocycles. The quantitative estimate of drug-likeness (QED) is 0.313. The second-order valence-corrected chi connectivity index (χ2v) is 11.6. The molecule has 0 unspecified atom stereocenters. The van der Waals surface area contributed by atoms with Crippen LogP contribution in [0.15, 0.2) is 48.7 Å². The van der Waals surface area contributed by atoms with Crippen molar-refractivity contribution in [3.8, 4) is 0 Å². The largest absolute Gasteiger partial charge is 0.351 e. The third kappa shape index (κ3) is 5.06. The average molecular weight is 550 g/mol. The fourth-order valence-corrected chi connectivity index (χ4v) is 6.55. The molecule has 1 amide bonds. The molecule has 1 saturated heterocycles. The number of halogens is 1. The summed E-state index contributed by atoms with van der Waals surface area (Å²) in [4.78, 5) is 19.1. The lowest BCUT2D eigenvalue weighted by molar-refractivity contribution is -0.118. The van der Waals surface area contributed by atoms with E-state index in [0.29, 0.717) is 21.9 Å². The number of hydrogen-bond acceptors (Lipinski definition) is 3. The van der Waals surface area contributed by atoms with Gasteiger partial charge in [-0.25, -0.2) is 0 Å². The van der Waals surface area contributed by atoms with E-state index in [1.54, 1.807) is 0 Å². The van der Waals surface area contributed by atoms with E-state index in [-0.39, 0.29) is 23.9 Å². The fraction of sp³-hybridized carbons (Fsp3) is 0.433. The Kier molecular flexibility index (Phi) is 7.78. The highest BCUT2D eigenvalue weighted by atomic mass is 35.5. The van der Waals surface area contributed by atoms with Gasteiger partial charge in [-0.2, -0.15) is 0 Å². The monoisotopic (exact) mass is 549 g/mol. The van der Waals surface area contributed by atoms with Crippen LogP contribution < -0.4 is 15.5 Å². The van der Waals surface area contributed by atoms with Crippen LogP contribution in [0.1, 0.15) is 86.7 Å². The van der Waals surface area contributed by atoms with Crippen LogP contribution in [0.3, 0.4) is 0 Å². The summed E-state index contributed by atoms with van der Waals surface area (Å²) in [5, 5.41) is 7.58. The number of nitrogens with zero attached hydrogens (tertiary/aromatic N) is 3. The molecule has 2 N–H and O–H groups in total. The zero-order valence-corrected chi connectivity index (χ0v) is 24.1. The summed E-state index contributed by atoms with van der Waals surface area (Å²) in [6.07, 6.45) is 8.18. The molecule has 3 heterocycles. The number of pyridine rings is 1. The Hall–Kier alpha value is -2.90. The minimum Gasteiger partial charge on any atom is -0.351 e. The van der Waals surface area contributed by atoms with Crippen LogP contribution >= 0.6 is 23.8 Å². The number of benzene rings is 1. The van der Waals surface area contributed by atoms with E-state index in [2.05, 4.69) is 46.1 Å². The predicted molar refractivity (Wildman–Crippen MR) is 159 cm³/mol. The second-order valence-electron chi connectivity index (χ2n) is 10.8. The molecule has 5 rings (SSSR count). The van der Waals surface area contributed by atoms with Gasteiger partial charge >= 0.3 is 0 Å². The topological polar surface area (TPSA) is 62.2 Å². The number of carbonyl (C=O) groups excluding carboxylic acids is 1. The lowest BCUT2D eigenvalue weighted by atomic mass is 9.94. The van der Waals surface area contributed by atoms with Gasteiger partial charge < -0.3 is 20.1 Å². The Morgan fingerprint density at radius 3 is 2.55 bits per heavy atom. The first-order chi connectivity index (χ1) is 18.3. The molecule has 2 aliphatic rings.